The van der Waals surface area contributed by atoms with Crippen molar-refractivity contribution in [1.82, 2.24) is 37.2 Å². The zero-order valence-electron chi connectivity index (χ0n) is 38.0. The van der Waals surface area contributed by atoms with Crippen LogP contribution in [0.25, 0.3) is 0 Å². The predicted molar refractivity (Wildman–Crippen MR) is 239 cm³/mol. The van der Waals surface area contributed by atoms with Gasteiger partial charge in [0.2, 0.25) is 41.4 Å². The van der Waals surface area contributed by atoms with Crippen molar-refractivity contribution in [2.24, 2.45) is 56.2 Å². The van der Waals surface area contributed by atoms with Crippen LogP contribution in [0.4, 0.5) is 0 Å². The maximum absolute atomic E-state index is 14.0. The number of guanidine groups is 2. The van der Waals surface area contributed by atoms with Gasteiger partial charge in [-0.3, -0.25) is 48.3 Å². The number of aliphatic hydroxyl groups is 1. The van der Waals surface area contributed by atoms with Crippen LogP contribution in [-0.4, -0.2) is 144 Å². The van der Waals surface area contributed by atoms with Gasteiger partial charge >= 0.3 is 5.97 Å². The van der Waals surface area contributed by atoms with E-state index in [1.807, 2.05) is 27.7 Å². The number of hydrogen-bond acceptors (Lipinski definition) is 13. The molecule has 0 aromatic heterocycles. The van der Waals surface area contributed by atoms with Crippen molar-refractivity contribution in [2.75, 3.05) is 26.2 Å². The molecule has 25 heteroatoms. The van der Waals surface area contributed by atoms with Gasteiger partial charge in [0, 0.05) is 13.1 Å². The van der Waals surface area contributed by atoms with Gasteiger partial charge in [0.05, 0.1) is 18.7 Å². The maximum Gasteiger partial charge on any atom is 0.325 e. The number of hydrogen-bond donors (Lipinski definition) is 15. The fourth-order valence-corrected chi connectivity index (χ4v) is 6.01. The zero-order chi connectivity index (χ0) is 49.1. The summed E-state index contributed by atoms with van der Waals surface area (Å²) in [5, 5.41) is 37.2. The fraction of sp³-hybridized carbons (Fsp3) is 0.744. The Morgan fingerprint density at radius 2 is 0.984 bits per heavy atom. The summed E-state index contributed by atoms with van der Waals surface area (Å²) in [5.41, 5.74) is 33.3. The smallest absolute Gasteiger partial charge is 0.325 e. The third kappa shape index (κ3) is 25.3. The number of aliphatic hydroxyl groups excluding tert-OH is 1. The molecule has 0 radical (unpaired) electrons. The first-order valence-electron chi connectivity index (χ1n) is 21.5. The minimum atomic E-state index is -1.65. The summed E-state index contributed by atoms with van der Waals surface area (Å²) >= 11 is 0. The minimum absolute atomic E-state index is 0.00115. The standard InChI is InChI=1S/C39H75N15O10/c1-20(2)17-24(41)31(57)53-28(18-21(3)4)35(61)52-27(13-10-16-47-39(44)45)33(59)51-26(11-7-8-14-40)34(60)54-30(23(6)55)36(62)48-19-29(56)50-25(12-9-15-46-38(42)43)32(58)49-22(5)37(63)64/h20-28,30,55H,7-19,40-41H2,1-6H3,(H,48,62)(H,49,58)(H,50,56)(H,51,59)(H,52,61)(H,53,57)(H,54,60)(H,63,64)(H4,42,43,46)(H4,44,45,47)/t22-,23+,24-,25-,26-,27-,28-,30-/m0/s1. The normalized spacial score (nSPS) is 14.8. The molecule has 0 spiro atoms. The SMILES string of the molecule is CC(C)C[C@H](NC(=O)[C@@H](N)CC(C)C)C(=O)N[C@@H](CCCN=C(N)N)C(=O)N[C@@H](CCCCN)C(=O)N[C@H](C(=O)NCC(=O)N[C@@H](CCCN=C(N)N)C(=O)N[C@@H](C)C(=O)O)[C@@H](C)O. The predicted octanol–water partition coefficient (Wildman–Crippen LogP) is -4.85. The lowest BCUT2D eigenvalue weighted by molar-refractivity contribution is -0.141. The molecule has 25 nitrogen and oxygen atoms in total. The number of carboxylic acids is 1. The van der Waals surface area contributed by atoms with Crippen LogP contribution >= 0.6 is 0 Å². The number of carboxylic acid groups (broad SMARTS) is 1. The van der Waals surface area contributed by atoms with Crippen LogP contribution in [-0.2, 0) is 38.4 Å². The van der Waals surface area contributed by atoms with Crippen molar-refractivity contribution < 1.29 is 48.6 Å². The number of amides is 7. The van der Waals surface area contributed by atoms with E-state index in [-0.39, 0.29) is 81.9 Å². The van der Waals surface area contributed by atoms with E-state index < -0.39 is 102 Å². The molecule has 0 bridgehead atoms. The topological polar surface area (TPSA) is 442 Å². The van der Waals surface area contributed by atoms with Gasteiger partial charge in [-0.2, -0.15) is 0 Å². The van der Waals surface area contributed by atoms with E-state index in [4.69, 9.17) is 34.4 Å². The first kappa shape index (κ1) is 58.2. The molecule has 0 heterocycles. The summed E-state index contributed by atoms with van der Waals surface area (Å²) in [5.74, 6) is -7.24. The Kier molecular flexibility index (Phi) is 28.3. The Morgan fingerprint density at radius 3 is 1.44 bits per heavy atom. The number of rotatable bonds is 32. The maximum atomic E-state index is 14.0. The number of aliphatic imine (C=N–C) groups is 2. The van der Waals surface area contributed by atoms with Gasteiger partial charge in [0.15, 0.2) is 11.9 Å². The van der Waals surface area contributed by atoms with Crippen LogP contribution in [0.3, 0.4) is 0 Å². The summed E-state index contributed by atoms with van der Waals surface area (Å²) in [6.07, 6.45) is 0.280. The van der Waals surface area contributed by atoms with E-state index in [9.17, 15) is 48.6 Å². The lowest BCUT2D eigenvalue weighted by Crippen LogP contribution is -2.60. The molecule has 0 aromatic carbocycles. The lowest BCUT2D eigenvalue weighted by Gasteiger charge is -2.28. The van der Waals surface area contributed by atoms with E-state index in [0.29, 0.717) is 19.3 Å². The Bertz CT molecular complexity index is 1590. The van der Waals surface area contributed by atoms with E-state index in [1.54, 1.807) is 0 Å². The summed E-state index contributed by atoms with van der Waals surface area (Å²) in [7, 11) is 0. The van der Waals surface area contributed by atoms with E-state index >= 15 is 0 Å². The van der Waals surface area contributed by atoms with Gasteiger partial charge in [-0.1, -0.05) is 27.7 Å². The molecule has 0 fully saturated rings. The van der Waals surface area contributed by atoms with Crippen LogP contribution in [0, 0.1) is 11.8 Å². The first-order valence-corrected chi connectivity index (χ1v) is 21.5. The van der Waals surface area contributed by atoms with Gasteiger partial charge < -0.3 is 81.8 Å². The van der Waals surface area contributed by atoms with Crippen LogP contribution < -0.4 is 71.6 Å². The first-order chi connectivity index (χ1) is 29.9. The number of nitrogens with two attached hydrogens (primary N) is 6. The van der Waals surface area contributed by atoms with Crippen molar-refractivity contribution in [2.45, 2.75) is 148 Å². The highest BCUT2D eigenvalue weighted by Gasteiger charge is 2.34. The van der Waals surface area contributed by atoms with Crippen molar-refractivity contribution >= 4 is 59.2 Å². The second-order valence-electron chi connectivity index (χ2n) is 16.4. The Balaban J connectivity index is 6.25. The highest BCUT2D eigenvalue weighted by molar-refractivity contribution is 5.97. The Morgan fingerprint density at radius 1 is 0.547 bits per heavy atom. The van der Waals surface area contributed by atoms with E-state index in [2.05, 4.69) is 47.2 Å². The summed E-state index contributed by atoms with van der Waals surface area (Å²) in [6.45, 7) is 9.66. The second kappa shape index (κ2) is 31.1. The van der Waals surface area contributed by atoms with Gasteiger partial charge in [0.1, 0.15) is 36.3 Å². The van der Waals surface area contributed by atoms with Gasteiger partial charge in [-0.15, -0.1) is 0 Å². The van der Waals surface area contributed by atoms with Crippen LogP contribution in [0.2, 0.25) is 0 Å². The molecular weight excluding hydrogens is 839 g/mol. The quantitative estimate of drug-likeness (QED) is 0.0171. The largest absolute Gasteiger partial charge is 0.480 e. The van der Waals surface area contributed by atoms with Gasteiger partial charge in [-0.25, -0.2) is 0 Å². The molecule has 0 aliphatic heterocycles. The summed E-state index contributed by atoms with van der Waals surface area (Å²) in [6, 6.07) is -8.71. The molecule has 0 rings (SSSR count). The highest BCUT2D eigenvalue weighted by atomic mass is 16.4. The average molecular weight is 914 g/mol. The number of aliphatic carboxylic acids is 1. The molecule has 366 valence electrons. The van der Waals surface area contributed by atoms with Gasteiger partial charge in [-0.05, 0) is 90.0 Å². The second-order valence-corrected chi connectivity index (χ2v) is 16.4. The molecular formula is C39H75N15O10. The highest BCUT2D eigenvalue weighted by Crippen LogP contribution is 2.11. The van der Waals surface area contributed by atoms with Crippen molar-refractivity contribution in [3.8, 4) is 0 Å². The fourth-order valence-electron chi connectivity index (χ4n) is 6.01. The number of carbonyl (C=O) groups is 8. The molecule has 0 saturated heterocycles. The molecule has 0 aliphatic carbocycles. The molecule has 8 atom stereocenters. The lowest BCUT2D eigenvalue weighted by atomic mass is 10.00. The van der Waals surface area contributed by atoms with Crippen molar-refractivity contribution in [3.05, 3.63) is 0 Å². The molecule has 7 amide bonds. The molecule has 0 aromatic rings. The van der Waals surface area contributed by atoms with Gasteiger partial charge in [0.25, 0.3) is 0 Å². The molecule has 0 aliphatic rings. The third-order valence-electron chi connectivity index (χ3n) is 9.37. The monoisotopic (exact) mass is 914 g/mol. The number of carbonyl (C=O) groups excluding carboxylic acids is 7. The van der Waals surface area contributed by atoms with Crippen LogP contribution in [0.15, 0.2) is 9.98 Å². The zero-order valence-corrected chi connectivity index (χ0v) is 38.0. The summed E-state index contributed by atoms with van der Waals surface area (Å²) in [4.78, 5) is 113. The molecule has 21 N–H and O–H groups in total. The van der Waals surface area contributed by atoms with Crippen LogP contribution in [0.1, 0.15) is 99.3 Å². The van der Waals surface area contributed by atoms with Crippen molar-refractivity contribution in [3.63, 3.8) is 0 Å². The van der Waals surface area contributed by atoms with Crippen LogP contribution in [0.5, 0.6) is 0 Å². The number of nitrogens with one attached hydrogen (secondary N) is 7. The Hall–Kier alpha value is -5.82. The van der Waals surface area contributed by atoms with Crippen molar-refractivity contribution in [1.29, 1.82) is 0 Å². The van der Waals surface area contributed by atoms with E-state index in [1.165, 1.54) is 13.8 Å². The molecule has 0 unspecified atom stereocenters. The molecule has 0 saturated carbocycles. The molecule has 64 heavy (non-hydrogen) atoms. The Labute approximate surface area is 374 Å². The number of nitrogens with zero attached hydrogens (tertiary/aromatic N) is 2. The average Bonchev–Trinajstić information content (AvgIpc) is 3.19. The third-order valence-corrected chi connectivity index (χ3v) is 9.37. The van der Waals surface area contributed by atoms with E-state index in [0.717, 1.165) is 0 Å². The number of unbranched alkanes of at least 4 members (excludes halogenated alkanes) is 1. The minimum Gasteiger partial charge on any atom is -0.480 e. The summed E-state index contributed by atoms with van der Waals surface area (Å²) < 4.78 is 0.